The molecule has 1 amide bonds. The van der Waals surface area contributed by atoms with Crippen LogP contribution in [0.25, 0.3) is 0 Å². The molecule has 0 saturated heterocycles. The van der Waals surface area contributed by atoms with Crippen LogP contribution in [0.4, 0.5) is 5.69 Å². The molecule has 5 heteroatoms. The largest absolute Gasteiger partial charge is 0.480 e. The van der Waals surface area contributed by atoms with Gasteiger partial charge in [0.2, 0.25) is 0 Å². The molecule has 0 saturated carbocycles. The van der Waals surface area contributed by atoms with Gasteiger partial charge in [-0.15, -0.1) is 0 Å². The topological polar surface area (TPSA) is 69.6 Å². The maximum atomic E-state index is 12.3. The van der Waals surface area contributed by atoms with Gasteiger partial charge in [0.15, 0.2) is 0 Å². The van der Waals surface area contributed by atoms with Crippen LogP contribution in [0.1, 0.15) is 29.3 Å². The van der Waals surface area contributed by atoms with E-state index in [1.807, 2.05) is 19.1 Å². The Labute approximate surface area is 112 Å². The van der Waals surface area contributed by atoms with E-state index in [1.54, 1.807) is 6.07 Å². The van der Waals surface area contributed by atoms with Crippen LogP contribution in [-0.2, 0) is 11.2 Å². The zero-order valence-electron chi connectivity index (χ0n) is 11.0. The maximum Gasteiger partial charge on any atom is 0.323 e. The van der Waals surface area contributed by atoms with Crippen molar-refractivity contribution in [3.63, 3.8) is 0 Å². The average Bonchev–Trinajstić information content (AvgIpc) is 2.84. The van der Waals surface area contributed by atoms with Gasteiger partial charge < -0.3 is 15.3 Å². The maximum absolute atomic E-state index is 12.3. The third-order valence-electron chi connectivity index (χ3n) is 3.17. The highest BCUT2D eigenvalue weighted by atomic mass is 16.4. The lowest BCUT2D eigenvalue weighted by Gasteiger charge is -2.20. The standard InChI is InChI=1S/C14H18N2O3/c1-2-7-16(9-13(17)18)14(19)11-4-3-10-5-6-15-12(10)8-11/h3-4,8,15H,2,5-7,9H2,1H3,(H,17,18). The lowest BCUT2D eigenvalue weighted by atomic mass is 10.1. The quantitative estimate of drug-likeness (QED) is 0.845. The number of hydrogen-bond acceptors (Lipinski definition) is 3. The summed E-state index contributed by atoms with van der Waals surface area (Å²) < 4.78 is 0. The van der Waals surface area contributed by atoms with Crippen LogP contribution in [0, 0.1) is 0 Å². The Kier molecular flexibility index (Phi) is 4.04. The van der Waals surface area contributed by atoms with E-state index in [-0.39, 0.29) is 12.5 Å². The molecule has 0 aliphatic carbocycles. The van der Waals surface area contributed by atoms with Crippen molar-refractivity contribution >= 4 is 17.6 Å². The van der Waals surface area contributed by atoms with Crippen molar-refractivity contribution in [3.8, 4) is 0 Å². The highest BCUT2D eigenvalue weighted by Crippen LogP contribution is 2.23. The normalized spacial score (nSPS) is 12.7. The predicted octanol–water partition coefficient (Wildman–Crippen LogP) is 1.59. The van der Waals surface area contributed by atoms with Gasteiger partial charge in [-0.25, -0.2) is 0 Å². The van der Waals surface area contributed by atoms with Gasteiger partial charge in [-0.3, -0.25) is 9.59 Å². The van der Waals surface area contributed by atoms with Crippen LogP contribution < -0.4 is 5.32 Å². The lowest BCUT2D eigenvalue weighted by molar-refractivity contribution is -0.137. The van der Waals surface area contributed by atoms with Gasteiger partial charge in [-0.2, -0.15) is 0 Å². The molecule has 1 aromatic carbocycles. The van der Waals surface area contributed by atoms with Crippen LogP contribution in [0.5, 0.6) is 0 Å². The Morgan fingerprint density at radius 2 is 2.21 bits per heavy atom. The molecule has 0 bridgehead atoms. The summed E-state index contributed by atoms with van der Waals surface area (Å²) in [5, 5.41) is 12.1. The van der Waals surface area contributed by atoms with Crippen molar-refractivity contribution in [3.05, 3.63) is 29.3 Å². The first-order valence-electron chi connectivity index (χ1n) is 6.49. The second-order valence-electron chi connectivity index (χ2n) is 4.67. The summed E-state index contributed by atoms with van der Waals surface area (Å²) in [4.78, 5) is 24.5. The number of anilines is 1. The van der Waals surface area contributed by atoms with E-state index in [2.05, 4.69) is 5.32 Å². The molecule has 0 unspecified atom stereocenters. The Morgan fingerprint density at radius 3 is 2.89 bits per heavy atom. The monoisotopic (exact) mass is 262 g/mol. The minimum atomic E-state index is -0.985. The Morgan fingerprint density at radius 1 is 1.42 bits per heavy atom. The summed E-state index contributed by atoms with van der Waals surface area (Å²) in [5.41, 5.74) is 2.73. The first-order chi connectivity index (χ1) is 9.11. The molecule has 5 nitrogen and oxygen atoms in total. The summed E-state index contributed by atoms with van der Waals surface area (Å²) in [7, 11) is 0. The number of carbonyl (C=O) groups is 2. The van der Waals surface area contributed by atoms with Crippen LogP contribution in [-0.4, -0.2) is 41.5 Å². The van der Waals surface area contributed by atoms with Crippen LogP contribution in [0.15, 0.2) is 18.2 Å². The summed E-state index contributed by atoms with van der Waals surface area (Å²) in [6.07, 6.45) is 1.71. The molecule has 19 heavy (non-hydrogen) atoms. The van der Waals surface area contributed by atoms with E-state index >= 15 is 0 Å². The number of nitrogens with one attached hydrogen (secondary N) is 1. The molecule has 0 spiro atoms. The Balaban J connectivity index is 2.18. The second kappa shape index (κ2) is 5.73. The number of carboxylic acid groups (broad SMARTS) is 1. The molecule has 1 aliphatic rings. The van der Waals surface area contributed by atoms with Crippen molar-refractivity contribution in [1.82, 2.24) is 4.90 Å². The van der Waals surface area contributed by atoms with Crippen LogP contribution in [0.3, 0.4) is 0 Å². The van der Waals surface area contributed by atoms with Gasteiger partial charge in [-0.05, 0) is 30.5 Å². The number of benzene rings is 1. The van der Waals surface area contributed by atoms with Crippen molar-refractivity contribution in [1.29, 1.82) is 0 Å². The molecule has 2 N–H and O–H groups in total. The van der Waals surface area contributed by atoms with E-state index in [0.717, 1.165) is 25.1 Å². The summed E-state index contributed by atoms with van der Waals surface area (Å²) >= 11 is 0. The average molecular weight is 262 g/mol. The molecule has 0 fully saturated rings. The molecule has 2 rings (SSSR count). The molecule has 102 valence electrons. The number of rotatable bonds is 5. The smallest absolute Gasteiger partial charge is 0.323 e. The van der Waals surface area contributed by atoms with Gasteiger partial charge in [0, 0.05) is 24.3 Å². The molecule has 1 aliphatic heterocycles. The molecule has 1 aromatic rings. The summed E-state index contributed by atoms with van der Waals surface area (Å²) in [6, 6.07) is 5.53. The molecule has 0 radical (unpaired) electrons. The Hall–Kier alpha value is -2.04. The third kappa shape index (κ3) is 3.05. The van der Waals surface area contributed by atoms with Gasteiger partial charge in [0.05, 0.1) is 0 Å². The molecule has 0 atom stereocenters. The zero-order valence-corrected chi connectivity index (χ0v) is 11.0. The molecule has 1 heterocycles. The fourth-order valence-corrected chi connectivity index (χ4v) is 2.29. The van der Waals surface area contributed by atoms with E-state index < -0.39 is 5.97 Å². The van der Waals surface area contributed by atoms with Gasteiger partial charge in [-0.1, -0.05) is 13.0 Å². The van der Waals surface area contributed by atoms with Crippen molar-refractivity contribution < 1.29 is 14.7 Å². The van der Waals surface area contributed by atoms with E-state index in [1.165, 1.54) is 10.5 Å². The highest BCUT2D eigenvalue weighted by molar-refractivity contribution is 5.97. The minimum Gasteiger partial charge on any atom is -0.480 e. The van der Waals surface area contributed by atoms with Gasteiger partial charge in [0.25, 0.3) is 5.91 Å². The Bertz CT molecular complexity index is 499. The van der Waals surface area contributed by atoms with Crippen molar-refractivity contribution in [2.75, 3.05) is 25.0 Å². The number of amides is 1. The number of aliphatic carboxylic acids is 1. The molecule has 0 aromatic heterocycles. The lowest BCUT2D eigenvalue weighted by Crippen LogP contribution is -2.36. The zero-order chi connectivity index (χ0) is 13.8. The summed E-state index contributed by atoms with van der Waals surface area (Å²) in [5.74, 6) is -1.21. The van der Waals surface area contributed by atoms with Crippen molar-refractivity contribution in [2.24, 2.45) is 0 Å². The predicted molar refractivity (Wildman–Crippen MR) is 72.5 cm³/mol. The fraction of sp³-hybridized carbons (Fsp3) is 0.429. The third-order valence-corrected chi connectivity index (χ3v) is 3.17. The first kappa shape index (κ1) is 13.4. The number of carboxylic acids is 1. The molecular weight excluding hydrogens is 244 g/mol. The van der Waals surface area contributed by atoms with Crippen molar-refractivity contribution in [2.45, 2.75) is 19.8 Å². The first-order valence-corrected chi connectivity index (χ1v) is 6.49. The number of hydrogen-bond donors (Lipinski definition) is 2. The number of fused-ring (bicyclic) bond motifs is 1. The SMILES string of the molecule is CCCN(CC(=O)O)C(=O)c1ccc2c(c1)NCC2. The highest BCUT2D eigenvalue weighted by Gasteiger charge is 2.19. The van der Waals surface area contributed by atoms with E-state index in [0.29, 0.717) is 12.1 Å². The van der Waals surface area contributed by atoms with E-state index in [4.69, 9.17) is 5.11 Å². The second-order valence-corrected chi connectivity index (χ2v) is 4.67. The fourth-order valence-electron chi connectivity index (χ4n) is 2.29. The van der Waals surface area contributed by atoms with Crippen LogP contribution in [0.2, 0.25) is 0 Å². The number of carbonyl (C=O) groups excluding carboxylic acids is 1. The minimum absolute atomic E-state index is 0.222. The van der Waals surface area contributed by atoms with Gasteiger partial charge >= 0.3 is 5.97 Å². The number of nitrogens with zero attached hydrogens (tertiary/aromatic N) is 1. The van der Waals surface area contributed by atoms with Gasteiger partial charge in [0.1, 0.15) is 6.54 Å². The van der Waals surface area contributed by atoms with E-state index in [9.17, 15) is 9.59 Å². The van der Waals surface area contributed by atoms with Crippen LogP contribution >= 0.6 is 0 Å². The molecular formula is C14H18N2O3. The summed E-state index contributed by atoms with van der Waals surface area (Å²) in [6.45, 7) is 3.01.